The maximum Gasteiger partial charge on any atom is 0.225 e. The van der Waals surface area contributed by atoms with Crippen LogP contribution in [0.25, 0.3) is 11.1 Å². The highest BCUT2D eigenvalue weighted by Crippen LogP contribution is 2.25. The molecule has 0 saturated carbocycles. The zero-order chi connectivity index (χ0) is 17.6. The molecule has 1 saturated heterocycles. The molecule has 1 amide bonds. The highest BCUT2D eigenvalue weighted by molar-refractivity contribution is 5.78. The summed E-state index contributed by atoms with van der Waals surface area (Å²) in [5, 5.41) is 0. The smallest absolute Gasteiger partial charge is 0.225 e. The summed E-state index contributed by atoms with van der Waals surface area (Å²) in [6.45, 7) is 5.99. The summed E-state index contributed by atoms with van der Waals surface area (Å²) in [7, 11) is 0. The first-order chi connectivity index (χ1) is 12.2. The van der Waals surface area contributed by atoms with Crippen molar-refractivity contribution in [3.05, 3.63) is 60.2 Å². The van der Waals surface area contributed by atoms with E-state index in [0.29, 0.717) is 11.8 Å². The Balaban J connectivity index is 1.53. The average Bonchev–Trinajstić information content (AvgIpc) is 2.68. The quantitative estimate of drug-likeness (QED) is 0.737. The highest BCUT2D eigenvalue weighted by Gasteiger charge is 2.25. The monoisotopic (exact) mass is 335 g/mol. The zero-order valence-corrected chi connectivity index (χ0v) is 15.4. The molecule has 0 bridgehead atoms. The number of hydrogen-bond acceptors (Lipinski definition) is 1. The second-order valence-corrected chi connectivity index (χ2v) is 7.35. The minimum Gasteiger partial charge on any atom is -0.342 e. The number of carbonyl (C=O) groups excluding carboxylic acids is 1. The minimum absolute atomic E-state index is 0.169. The van der Waals surface area contributed by atoms with Crippen molar-refractivity contribution in [3.8, 4) is 11.1 Å². The molecule has 1 fully saturated rings. The van der Waals surface area contributed by atoms with Crippen LogP contribution < -0.4 is 0 Å². The van der Waals surface area contributed by atoms with Gasteiger partial charge in [-0.2, -0.15) is 0 Å². The predicted octanol–water partition coefficient (Wildman–Crippen LogP) is 5.18. The summed E-state index contributed by atoms with van der Waals surface area (Å²) in [6.07, 6.45) is 4.32. The Hall–Kier alpha value is -2.09. The number of benzene rings is 2. The predicted molar refractivity (Wildman–Crippen MR) is 104 cm³/mol. The van der Waals surface area contributed by atoms with Crippen molar-refractivity contribution in [2.45, 2.75) is 39.5 Å². The number of piperidine rings is 1. The third kappa shape index (κ3) is 4.50. The van der Waals surface area contributed by atoms with E-state index in [0.717, 1.165) is 38.8 Å². The van der Waals surface area contributed by atoms with Gasteiger partial charge in [0, 0.05) is 19.0 Å². The Morgan fingerprint density at radius 1 is 1.00 bits per heavy atom. The summed E-state index contributed by atoms with van der Waals surface area (Å²) in [5.41, 5.74) is 3.95. The molecule has 0 unspecified atom stereocenters. The largest absolute Gasteiger partial charge is 0.342 e. The number of rotatable bonds is 5. The molecule has 0 aromatic heterocycles. The van der Waals surface area contributed by atoms with E-state index in [1.165, 1.54) is 16.7 Å². The van der Waals surface area contributed by atoms with E-state index >= 15 is 0 Å². The van der Waals surface area contributed by atoms with Crippen LogP contribution in [0.4, 0.5) is 0 Å². The van der Waals surface area contributed by atoms with E-state index in [-0.39, 0.29) is 5.92 Å². The molecule has 0 radical (unpaired) electrons. The first-order valence-corrected chi connectivity index (χ1v) is 9.60. The van der Waals surface area contributed by atoms with Crippen molar-refractivity contribution < 1.29 is 4.79 Å². The molecule has 132 valence electrons. The van der Waals surface area contributed by atoms with Crippen molar-refractivity contribution >= 4 is 5.91 Å². The lowest BCUT2D eigenvalue weighted by Gasteiger charge is -2.33. The van der Waals surface area contributed by atoms with Gasteiger partial charge in [-0.3, -0.25) is 4.79 Å². The first-order valence-electron chi connectivity index (χ1n) is 9.60. The lowest BCUT2D eigenvalue weighted by molar-refractivity contribution is -0.136. The SMILES string of the molecule is CC[C@@H](C)C(=O)N1CCC(Cc2ccc(-c3ccccc3)cc2)CC1. The van der Waals surface area contributed by atoms with Gasteiger partial charge in [-0.15, -0.1) is 0 Å². The lowest BCUT2D eigenvalue weighted by atomic mass is 9.89. The summed E-state index contributed by atoms with van der Waals surface area (Å²) >= 11 is 0. The molecular weight excluding hydrogens is 306 g/mol. The first kappa shape index (κ1) is 17.7. The van der Waals surface area contributed by atoms with E-state index < -0.39 is 0 Å². The number of nitrogens with zero attached hydrogens (tertiary/aromatic N) is 1. The third-order valence-electron chi connectivity index (χ3n) is 5.55. The van der Waals surface area contributed by atoms with Crippen LogP contribution in [0.15, 0.2) is 54.6 Å². The van der Waals surface area contributed by atoms with Gasteiger partial charge >= 0.3 is 0 Å². The summed E-state index contributed by atoms with van der Waals surface area (Å²) in [4.78, 5) is 14.4. The molecule has 1 atom stereocenters. The van der Waals surface area contributed by atoms with Gasteiger partial charge in [0.2, 0.25) is 5.91 Å². The number of amides is 1. The Bertz CT molecular complexity index is 669. The number of carbonyl (C=O) groups is 1. The molecule has 1 aliphatic rings. The van der Waals surface area contributed by atoms with Crippen LogP contribution >= 0.6 is 0 Å². The number of likely N-dealkylation sites (tertiary alicyclic amines) is 1. The van der Waals surface area contributed by atoms with Crippen LogP contribution in [0.3, 0.4) is 0 Å². The molecule has 0 aliphatic carbocycles. The fourth-order valence-corrected chi connectivity index (χ4v) is 3.64. The molecule has 25 heavy (non-hydrogen) atoms. The van der Waals surface area contributed by atoms with E-state index in [2.05, 4.69) is 66.4 Å². The van der Waals surface area contributed by atoms with Crippen molar-refractivity contribution in [2.75, 3.05) is 13.1 Å². The normalized spacial score (nSPS) is 16.6. The summed E-state index contributed by atoms with van der Waals surface area (Å²) in [5.74, 6) is 1.21. The fraction of sp³-hybridized carbons (Fsp3) is 0.435. The van der Waals surface area contributed by atoms with Crippen LogP contribution in [0.1, 0.15) is 38.7 Å². The molecule has 0 spiro atoms. The van der Waals surface area contributed by atoms with Gasteiger partial charge in [0.25, 0.3) is 0 Å². The molecule has 2 aromatic rings. The number of hydrogen-bond donors (Lipinski definition) is 0. The maximum atomic E-state index is 12.3. The third-order valence-corrected chi connectivity index (χ3v) is 5.55. The standard InChI is InChI=1S/C23H29NO/c1-3-18(2)23(25)24-15-13-20(14-16-24)17-19-9-11-22(12-10-19)21-7-5-4-6-8-21/h4-12,18,20H,3,13-17H2,1-2H3/t18-/m1/s1. The highest BCUT2D eigenvalue weighted by atomic mass is 16.2. The Morgan fingerprint density at radius 2 is 1.60 bits per heavy atom. The van der Waals surface area contributed by atoms with Crippen LogP contribution in [0.2, 0.25) is 0 Å². The van der Waals surface area contributed by atoms with Crippen molar-refractivity contribution in [1.29, 1.82) is 0 Å². The molecule has 2 heteroatoms. The van der Waals surface area contributed by atoms with E-state index in [1.807, 2.05) is 6.92 Å². The Morgan fingerprint density at radius 3 is 2.20 bits per heavy atom. The van der Waals surface area contributed by atoms with Crippen LogP contribution in [0, 0.1) is 11.8 Å². The van der Waals surface area contributed by atoms with Crippen molar-refractivity contribution in [3.63, 3.8) is 0 Å². The minimum atomic E-state index is 0.169. The Kier molecular flexibility index (Phi) is 5.91. The van der Waals surface area contributed by atoms with Gasteiger partial charge in [-0.05, 0) is 48.3 Å². The van der Waals surface area contributed by atoms with Crippen LogP contribution in [-0.4, -0.2) is 23.9 Å². The second-order valence-electron chi connectivity index (χ2n) is 7.35. The lowest BCUT2D eigenvalue weighted by Crippen LogP contribution is -2.41. The van der Waals surface area contributed by atoms with E-state index in [4.69, 9.17) is 0 Å². The zero-order valence-electron chi connectivity index (χ0n) is 15.4. The fourth-order valence-electron chi connectivity index (χ4n) is 3.64. The van der Waals surface area contributed by atoms with Gasteiger partial charge in [0.1, 0.15) is 0 Å². The van der Waals surface area contributed by atoms with Gasteiger partial charge in [-0.1, -0.05) is 68.4 Å². The van der Waals surface area contributed by atoms with Crippen molar-refractivity contribution in [2.24, 2.45) is 11.8 Å². The van der Waals surface area contributed by atoms with Gasteiger partial charge in [0.05, 0.1) is 0 Å². The van der Waals surface area contributed by atoms with E-state index in [1.54, 1.807) is 0 Å². The van der Waals surface area contributed by atoms with Gasteiger partial charge in [-0.25, -0.2) is 0 Å². The van der Waals surface area contributed by atoms with Crippen LogP contribution in [0.5, 0.6) is 0 Å². The van der Waals surface area contributed by atoms with E-state index in [9.17, 15) is 4.79 Å². The molecule has 0 N–H and O–H groups in total. The molecule has 1 aliphatic heterocycles. The summed E-state index contributed by atoms with van der Waals surface area (Å²) < 4.78 is 0. The molecule has 3 rings (SSSR count). The molecule has 2 nitrogen and oxygen atoms in total. The molecular formula is C23H29NO. The molecule has 1 heterocycles. The van der Waals surface area contributed by atoms with Crippen LogP contribution in [-0.2, 0) is 11.2 Å². The summed E-state index contributed by atoms with van der Waals surface area (Å²) in [6, 6.07) is 19.5. The van der Waals surface area contributed by atoms with Gasteiger partial charge in [0.15, 0.2) is 0 Å². The molecule has 2 aromatic carbocycles. The second kappa shape index (κ2) is 8.33. The Labute approximate surface area is 151 Å². The van der Waals surface area contributed by atoms with Crippen molar-refractivity contribution in [1.82, 2.24) is 4.90 Å². The topological polar surface area (TPSA) is 20.3 Å². The van der Waals surface area contributed by atoms with Gasteiger partial charge < -0.3 is 4.90 Å². The average molecular weight is 335 g/mol. The maximum absolute atomic E-state index is 12.3.